The number of ether oxygens (including phenoxy) is 1. The van der Waals surface area contributed by atoms with Gasteiger partial charge in [0.2, 0.25) is 5.91 Å². The summed E-state index contributed by atoms with van der Waals surface area (Å²) in [5, 5.41) is 5.09. The van der Waals surface area contributed by atoms with Crippen LogP contribution >= 0.6 is 0 Å². The fourth-order valence-electron chi connectivity index (χ4n) is 3.19. The van der Waals surface area contributed by atoms with Gasteiger partial charge in [0.1, 0.15) is 5.75 Å². The minimum absolute atomic E-state index is 0.117. The Balaban J connectivity index is 1.57. The molecule has 0 unspecified atom stereocenters. The fraction of sp³-hybridized carbons (Fsp3) is 0.300. The Bertz CT molecular complexity index is 763. The average molecular weight is 353 g/mol. The lowest BCUT2D eigenvalue weighted by Crippen LogP contribution is -2.45. The molecule has 0 saturated heterocycles. The molecule has 1 heterocycles. The van der Waals surface area contributed by atoms with Crippen LogP contribution in [0.15, 0.2) is 48.5 Å². The lowest BCUT2D eigenvalue weighted by atomic mass is 10.0. The van der Waals surface area contributed by atoms with Crippen molar-refractivity contribution in [2.24, 2.45) is 0 Å². The van der Waals surface area contributed by atoms with Crippen LogP contribution in [0, 0.1) is 0 Å². The van der Waals surface area contributed by atoms with E-state index in [1.165, 1.54) is 0 Å². The van der Waals surface area contributed by atoms with Crippen LogP contribution in [0.1, 0.15) is 17.5 Å². The lowest BCUT2D eigenvalue weighted by molar-refractivity contribution is -0.118. The molecule has 1 aliphatic heterocycles. The number of carbonyl (C=O) groups is 2. The highest BCUT2D eigenvalue weighted by Gasteiger charge is 2.23. The molecule has 0 saturated carbocycles. The van der Waals surface area contributed by atoms with Gasteiger partial charge in [-0.15, -0.1) is 0 Å². The van der Waals surface area contributed by atoms with Crippen LogP contribution < -0.4 is 20.3 Å². The summed E-state index contributed by atoms with van der Waals surface area (Å²) in [7, 11) is 1.62. The van der Waals surface area contributed by atoms with Gasteiger partial charge in [0, 0.05) is 13.1 Å². The molecule has 0 fully saturated rings. The van der Waals surface area contributed by atoms with Crippen molar-refractivity contribution in [1.29, 1.82) is 0 Å². The lowest BCUT2D eigenvalue weighted by Gasteiger charge is -2.31. The van der Waals surface area contributed by atoms with Gasteiger partial charge in [0.05, 0.1) is 19.3 Å². The molecule has 3 amide bonds. The fourth-order valence-corrected chi connectivity index (χ4v) is 3.19. The van der Waals surface area contributed by atoms with Gasteiger partial charge in [-0.25, -0.2) is 4.79 Å². The molecule has 6 nitrogen and oxygen atoms in total. The van der Waals surface area contributed by atoms with Gasteiger partial charge in [0.25, 0.3) is 0 Å². The number of hydrogen-bond acceptors (Lipinski definition) is 4. The Morgan fingerprint density at radius 1 is 1.12 bits per heavy atom. The monoisotopic (exact) mass is 353 g/mol. The highest BCUT2D eigenvalue weighted by Crippen LogP contribution is 2.35. The van der Waals surface area contributed by atoms with E-state index in [0.29, 0.717) is 6.54 Å². The standard InChI is InChI=1S/C20H23N3O3/c1-26-17-11-5-9-16-10-6-12-23(19(16)17)14-18(24)22-20(25)21-13-15-7-3-2-4-8-15/h2-5,7-9,11H,6,10,12-14H2,1H3,(H2,21,22,24,25). The van der Waals surface area contributed by atoms with Crippen molar-refractivity contribution < 1.29 is 14.3 Å². The first-order chi connectivity index (χ1) is 12.7. The maximum absolute atomic E-state index is 12.3. The van der Waals surface area contributed by atoms with Crippen molar-refractivity contribution in [2.45, 2.75) is 19.4 Å². The summed E-state index contributed by atoms with van der Waals surface area (Å²) in [6, 6.07) is 15.0. The summed E-state index contributed by atoms with van der Waals surface area (Å²) in [5.41, 5.74) is 3.09. The third-order valence-electron chi connectivity index (χ3n) is 4.38. The van der Waals surface area contributed by atoms with Crippen molar-refractivity contribution in [3.8, 4) is 5.75 Å². The van der Waals surface area contributed by atoms with Gasteiger partial charge < -0.3 is 15.0 Å². The zero-order valence-corrected chi connectivity index (χ0v) is 14.8. The molecule has 0 bridgehead atoms. The maximum atomic E-state index is 12.3. The summed E-state index contributed by atoms with van der Waals surface area (Å²) < 4.78 is 5.44. The molecule has 26 heavy (non-hydrogen) atoms. The maximum Gasteiger partial charge on any atom is 0.321 e. The SMILES string of the molecule is COc1cccc2c1N(CC(=O)NC(=O)NCc1ccccc1)CCC2. The Morgan fingerprint density at radius 2 is 1.92 bits per heavy atom. The number of anilines is 1. The van der Waals surface area contributed by atoms with E-state index in [0.717, 1.165) is 42.0 Å². The second kappa shape index (κ2) is 8.38. The van der Waals surface area contributed by atoms with Crippen LogP contribution in [0.25, 0.3) is 0 Å². The molecular formula is C20H23N3O3. The minimum atomic E-state index is -0.490. The number of para-hydroxylation sites is 1. The number of imide groups is 1. The first-order valence-electron chi connectivity index (χ1n) is 8.70. The number of carbonyl (C=O) groups excluding carboxylic acids is 2. The van der Waals surface area contributed by atoms with E-state index in [9.17, 15) is 9.59 Å². The van der Waals surface area contributed by atoms with E-state index >= 15 is 0 Å². The minimum Gasteiger partial charge on any atom is -0.495 e. The molecule has 0 atom stereocenters. The van der Waals surface area contributed by atoms with Crippen LogP contribution in [0.4, 0.5) is 10.5 Å². The number of amides is 3. The van der Waals surface area contributed by atoms with Gasteiger partial charge in [-0.3, -0.25) is 10.1 Å². The van der Waals surface area contributed by atoms with E-state index in [1.807, 2.05) is 47.4 Å². The van der Waals surface area contributed by atoms with Crippen molar-refractivity contribution in [2.75, 3.05) is 25.1 Å². The molecule has 0 radical (unpaired) electrons. The summed E-state index contributed by atoms with van der Waals surface area (Å²) in [4.78, 5) is 26.2. The first-order valence-corrected chi connectivity index (χ1v) is 8.70. The van der Waals surface area contributed by atoms with Crippen LogP contribution in [0.5, 0.6) is 5.75 Å². The number of methoxy groups -OCH3 is 1. The third-order valence-corrected chi connectivity index (χ3v) is 4.38. The normalized spacial score (nSPS) is 12.9. The van der Waals surface area contributed by atoms with E-state index in [2.05, 4.69) is 16.7 Å². The smallest absolute Gasteiger partial charge is 0.321 e. The van der Waals surface area contributed by atoms with Crippen molar-refractivity contribution >= 4 is 17.6 Å². The number of rotatable bonds is 5. The number of benzene rings is 2. The number of nitrogens with zero attached hydrogens (tertiary/aromatic N) is 1. The summed E-state index contributed by atoms with van der Waals surface area (Å²) in [6.07, 6.45) is 1.93. The number of fused-ring (bicyclic) bond motifs is 1. The molecule has 136 valence electrons. The van der Waals surface area contributed by atoms with E-state index in [4.69, 9.17) is 4.74 Å². The van der Waals surface area contributed by atoms with Gasteiger partial charge in [-0.1, -0.05) is 42.5 Å². The van der Waals surface area contributed by atoms with Crippen molar-refractivity contribution in [3.63, 3.8) is 0 Å². The summed E-state index contributed by atoms with van der Waals surface area (Å²) in [6.45, 7) is 1.25. The molecule has 2 N–H and O–H groups in total. The zero-order valence-electron chi connectivity index (χ0n) is 14.8. The molecule has 0 aliphatic carbocycles. The van der Waals surface area contributed by atoms with Crippen LogP contribution in [0.2, 0.25) is 0 Å². The van der Waals surface area contributed by atoms with E-state index < -0.39 is 6.03 Å². The van der Waals surface area contributed by atoms with Gasteiger partial charge in [-0.05, 0) is 30.0 Å². The van der Waals surface area contributed by atoms with Gasteiger partial charge in [0.15, 0.2) is 0 Å². The molecule has 2 aromatic carbocycles. The molecule has 6 heteroatoms. The van der Waals surface area contributed by atoms with Crippen molar-refractivity contribution in [3.05, 3.63) is 59.7 Å². The Kier molecular flexibility index (Phi) is 5.73. The molecular weight excluding hydrogens is 330 g/mol. The largest absolute Gasteiger partial charge is 0.495 e. The second-order valence-electron chi connectivity index (χ2n) is 6.21. The zero-order chi connectivity index (χ0) is 18.4. The number of aryl methyl sites for hydroxylation is 1. The number of urea groups is 1. The summed E-state index contributed by atoms with van der Waals surface area (Å²) in [5.74, 6) is 0.415. The van der Waals surface area contributed by atoms with Gasteiger partial charge in [-0.2, -0.15) is 0 Å². The molecule has 0 spiro atoms. The topological polar surface area (TPSA) is 70.7 Å². The Morgan fingerprint density at radius 3 is 2.69 bits per heavy atom. The second-order valence-corrected chi connectivity index (χ2v) is 6.21. The third kappa shape index (κ3) is 4.33. The van der Waals surface area contributed by atoms with Crippen LogP contribution in [0.3, 0.4) is 0 Å². The van der Waals surface area contributed by atoms with Crippen LogP contribution in [-0.2, 0) is 17.8 Å². The molecule has 3 rings (SSSR count). The van der Waals surface area contributed by atoms with Crippen molar-refractivity contribution in [1.82, 2.24) is 10.6 Å². The highest BCUT2D eigenvalue weighted by molar-refractivity contribution is 5.96. The molecule has 1 aliphatic rings. The number of hydrogen-bond donors (Lipinski definition) is 2. The predicted molar refractivity (Wildman–Crippen MR) is 100 cm³/mol. The Hall–Kier alpha value is -3.02. The van der Waals surface area contributed by atoms with Gasteiger partial charge >= 0.3 is 6.03 Å². The quantitative estimate of drug-likeness (QED) is 0.866. The average Bonchev–Trinajstić information content (AvgIpc) is 2.67. The van der Waals surface area contributed by atoms with Crippen LogP contribution in [-0.4, -0.2) is 32.1 Å². The molecule has 0 aromatic heterocycles. The summed E-state index contributed by atoms with van der Waals surface area (Å²) >= 11 is 0. The number of nitrogens with one attached hydrogen (secondary N) is 2. The first kappa shape index (κ1) is 17.8. The van der Waals surface area contributed by atoms with E-state index in [-0.39, 0.29) is 12.5 Å². The Labute approximate surface area is 153 Å². The van der Waals surface area contributed by atoms with E-state index in [1.54, 1.807) is 7.11 Å². The highest BCUT2D eigenvalue weighted by atomic mass is 16.5. The predicted octanol–water partition coefficient (Wildman–Crippen LogP) is 2.47. The molecule has 2 aromatic rings.